The van der Waals surface area contributed by atoms with Crippen molar-refractivity contribution in [3.63, 3.8) is 0 Å². The SMILES string of the molecule is CN=C(N)c1ccccc1CN.N=N. The highest BCUT2D eigenvalue weighted by atomic mass is 14.8. The molecule has 1 aromatic carbocycles. The second kappa shape index (κ2) is 6.73. The predicted molar refractivity (Wildman–Crippen MR) is 56.4 cm³/mol. The molecule has 0 bridgehead atoms. The fraction of sp³-hybridized carbons (Fsp3) is 0.222. The molecule has 0 fully saturated rings. The molecule has 1 rings (SSSR count). The van der Waals surface area contributed by atoms with Crippen LogP contribution in [0.4, 0.5) is 0 Å². The van der Waals surface area contributed by atoms with Gasteiger partial charge in [-0.3, -0.25) is 4.99 Å². The van der Waals surface area contributed by atoms with E-state index >= 15 is 0 Å². The smallest absolute Gasteiger partial charge is 0.125 e. The lowest BCUT2D eigenvalue weighted by molar-refractivity contribution is 1.05. The Labute approximate surface area is 83.1 Å². The Morgan fingerprint density at radius 1 is 1.36 bits per heavy atom. The molecule has 14 heavy (non-hydrogen) atoms. The molecular weight excluding hydrogens is 178 g/mol. The minimum atomic E-state index is 0.492. The first-order valence-electron chi connectivity index (χ1n) is 4.05. The van der Waals surface area contributed by atoms with Gasteiger partial charge in [-0.2, -0.15) is 0 Å². The maximum absolute atomic E-state index is 5.67. The number of nitrogens with two attached hydrogens (primary N) is 2. The number of benzene rings is 1. The van der Waals surface area contributed by atoms with E-state index in [4.69, 9.17) is 22.5 Å². The number of hydrogen-bond donors (Lipinski definition) is 4. The summed E-state index contributed by atoms with van der Waals surface area (Å²) in [5, 5.41) is 0. The van der Waals surface area contributed by atoms with Crippen LogP contribution in [-0.4, -0.2) is 12.9 Å². The van der Waals surface area contributed by atoms with E-state index in [9.17, 15) is 0 Å². The second-order valence-electron chi connectivity index (χ2n) is 2.47. The van der Waals surface area contributed by atoms with Gasteiger partial charge in [0.15, 0.2) is 0 Å². The summed E-state index contributed by atoms with van der Waals surface area (Å²) >= 11 is 0. The minimum absolute atomic E-state index is 0.492. The first kappa shape index (κ1) is 12.2. The summed E-state index contributed by atoms with van der Waals surface area (Å²) in [4.78, 5) is 3.91. The zero-order valence-electron chi connectivity index (χ0n) is 8.12. The van der Waals surface area contributed by atoms with Crippen molar-refractivity contribution in [1.82, 2.24) is 0 Å². The average molecular weight is 193 g/mol. The molecule has 76 valence electrons. The molecule has 0 saturated heterocycles. The first-order chi connectivity index (χ1) is 6.79. The zero-order valence-corrected chi connectivity index (χ0v) is 8.12. The average Bonchev–Trinajstić information content (AvgIpc) is 2.30. The molecule has 6 N–H and O–H groups in total. The Morgan fingerprint density at radius 2 is 1.93 bits per heavy atom. The fourth-order valence-electron chi connectivity index (χ4n) is 1.07. The standard InChI is InChI=1S/C9H13N3.H2N2/c1-12-9(11)8-5-3-2-4-7(8)6-10;1-2/h2-5H,6,10H2,1H3,(H2,11,12);1-2H. The van der Waals surface area contributed by atoms with Crippen LogP contribution < -0.4 is 11.5 Å². The molecular formula is C9H15N5. The summed E-state index contributed by atoms with van der Waals surface area (Å²) in [7, 11) is 1.67. The van der Waals surface area contributed by atoms with E-state index in [0.29, 0.717) is 12.4 Å². The monoisotopic (exact) mass is 193 g/mol. The number of rotatable bonds is 2. The van der Waals surface area contributed by atoms with Gasteiger partial charge in [-0.05, 0) is 5.56 Å². The number of hydrogen-bond acceptors (Lipinski definition) is 4. The Balaban J connectivity index is 0.000000791. The van der Waals surface area contributed by atoms with Crippen LogP contribution in [0.2, 0.25) is 0 Å². The summed E-state index contributed by atoms with van der Waals surface area (Å²) in [6.07, 6.45) is 0. The molecule has 0 unspecified atom stereocenters. The molecule has 0 amide bonds. The second-order valence-corrected chi connectivity index (χ2v) is 2.47. The molecule has 5 heteroatoms. The number of aliphatic imine (C=N–C) groups is 1. The highest BCUT2D eigenvalue weighted by molar-refractivity contribution is 5.98. The van der Waals surface area contributed by atoms with Gasteiger partial charge in [0.1, 0.15) is 5.84 Å². The summed E-state index contributed by atoms with van der Waals surface area (Å²) < 4.78 is 0. The van der Waals surface area contributed by atoms with Gasteiger partial charge in [-0.25, -0.2) is 11.1 Å². The summed E-state index contributed by atoms with van der Waals surface area (Å²) in [6.45, 7) is 0.492. The molecule has 0 atom stereocenters. The van der Waals surface area contributed by atoms with Crippen molar-refractivity contribution >= 4 is 5.84 Å². The quantitative estimate of drug-likeness (QED) is 0.320. The Bertz CT molecular complexity index is 308. The summed E-state index contributed by atoms with van der Waals surface area (Å²) in [5.41, 5.74) is 23.2. The van der Waals surface area contributed by atoms with Crippen LogP contribution in [0.5, 0.6) is 0 Å². The lowest BCUT2D eigenvalue weighted by Gasteiger charge is -2.05. The van der Waals surface area contributed by atoms with Gasteiger partial charge >= 0.3 is 0 Å². The van der Waals surface area contributed by atoms with Gasteiger partial charge in [0.05, 0.1) is 0 Å². The minimum Gasteiger partial charge on any atom is -0.384 e. The van der Waals surface area contributed by atoms with E-state index < -0.39 is 0 Å². The summed E-state index contributed by atoms with van der Waals surface area (Å²) in [6, 6.07) is 7.74. The number of nitrogens with one attached hydrogen (secondary N) is 2. The molecule has 0 heterocycles. The fourth-order valence-corrected chi connectivity index (χ4v) is 1.07. The third-order valence-corrected chi connectivity index (χ3v) is 1.75. The topological polar surface area (TPSA) is 112 Å². The van der Waals surface area contributed by atoms with E-state index in [-0.39, 0.29) is 0 Å². The van der Waals surface area contributed by atoms with E-state index in [1.807, 2.05) is 24.3 Å². The highest BCUT2D eigenvalue weighted by Gasteiger charge is 2.01. The predicted octanol–water partition coefficient (Wildman–Crippen LogP) is 1.08. The van der Waals surface area contributed by atoms with E-state index in [0.717, 1.165) is 11.1 Å². The Hall–Kier alpha value is -1.75. The largest absolute Gasteiger partial charge is 0.384 e. The Morgan fingerprint density at radius 3 is 2.43 bits per heavy atom. The molecule has 0 aromatic heterocycles. The Kier molecular flexibility index (Phi) is 5.89. The lowest BCUT2D eigenvalue weighted by atomic mass is 10.1. The normalized spacial score (nSPS) is 10.3. The van der Waals surface area contributed by atoms with Gasteiger partial charge in [0.2, 0.25) is 0 Å². The van der Waals surface area contributed by atoms with Crippen molar-refractivity contribution in [2.75, 3.05) is 7.05 Å². The van der Waals surface area contributed by atoms with Gasteiger partial charge in [-0.1, -0.05) is 24.3 Å². The summed E-state index contributed by atoms with van der Waals surface area (Å²) in [5.74, 6) is 0.538. The molecule has 0 radical (unpaired) electrons. The maximum atomic E-state index is 5.67. The molecule has 0 saturated carbocycles. The van der Waals surface area contributed by atoms with Crippen molar-refractivity contribution in [3.05, 3.63) is 35.4 Å². The van der Waals surface area contributed by atoms with Gasteiger partial charge in [-0.15, -0.1) is 0 Å². The van der Waals surface area contributed by atoms with Crippen LogP contribution in [-0.2, 0) is 6.54 Å². The molecule has 0 aliphatic carbocycles. The highest BCUT2D eigenvalue weighted by Crippen LogP contribution is 2.06. The van der Waals surface area contributed by atoms with Crippen molar-refractivity contribution < 1.29 is 0 Å². The lowest BCUT2D eigenvalue weighted by Crippen LogP contribution is -2.16. The van der Waals surface area contributed by atoms with Crippen LogP contribution in [0.1, 0.15) is 11.1 Å². The molecule has 5 nitrogen and oxygen atoms in total. The number of nitrogens with zero attached hydrogens (tertiary/aromatic N) is 1. The zero-order chi connectivity index (χ0) is 11.0. The van der Waals surface area contributed by atoms with Gasteiger partial charge in [0, 0.05) is 19.2 Å². The maximum Gasteiger partial charge on any atom is 0.125 e. The molecule has 0 spiro atoms. The van der Waals surface area contributed by atoms with Gasteiger partial charge in [0.25, 0.3) is 0 Å². The van der Waals surface area contributed by atoms with Crippen LogP contribution in [0.25, 0.3) is 0 Å². The van der Waals surface area contributed by atoms with Crippen LogP contribution >= 0.6 is 0 Å². The van der Waals surface area contributed by atoms with Gasteiger partial charge < -0.3 is 11.5 Å². The van der Waals surface area contributed by atoms with E-state index in [1.54, 1.807) is 7.05 Å². The van der Waals surface area contributed by atoms with Crippen molar-refractivity contribution in [3.8, 4) is 0 Å². The van der Waals surface area contributed by atoms with Crippen molar-refractivity contribution in [2.24, 2.45) is 16.5 Å². The van der Waals surface area contributed by atoms with Crippen LogP contribution in [0.3, 0.4) is 0 Å². The van der Waals surface area contributed by atoms with Crippen LogP contribution in [0, 0.1) is 11.1 Å². The number of amidine groups is 1. The molecule has 1 aromatic rings. The molecule has 0 aliphatic rings. The van der Waals surface area contributed by atoms with Crippen molar-refractivity contribution in [2.45, 2.75) is 6.54 Å². The molecule has 0 aliphatic heterocycles. The van der Waals surface area contributed by atoms with Crippen molar-refractivity contribution in [1.29, 1.82) is 11.1 Å². The third kappa shape index (κ3) is 2.95. The first-order valence-corrected chi connectivity index (χ1v) is 4.05. The van der Waals surface area contributed by atoms with E-state index in [1.165, 1.54) is 0 Å². The third-order valence-electron chi connectivity index (χ3n) is 1.75. The van der Waals surface area contributed by atoms with Crippen LogP contribution in [0.15, 0.2) is 29.3 Å². The van der Waals surface area contributed by atoms with E-state index in [2.05, 4.69) is 4.99 Å².